The van der Waals surface area contributed by atoms with E-state index in [1.807, 2.05) is 0 Å². The fraction of sp³-hybridized carbons (Fsp3) is 0.0833. The summed E-state index contributed by atoms with van der Waals surface area (Å²) in [5.74, 6) is 0.212. The van der Waals surface area contributed by atoms with E-state index in [1.54, 1.807) is 30.6 Å². The van der Waals surface area contributed by atoms with Crippen LogP contribution in [0.5, 0.6) is 5.75 Å². The first kappa shape index (κ1) is 11.9. The second-order valence-electron chi connectivity index (χ2n) is 3.48. The number of ether oxygens (including phenoxy) is 1. The zero-order chi connectivity index (χ0) is 12.3. The molecular weight excluding hydrogens is 287 g/mol. The Morgan fingerprint density at radius 3 is 2.82 bits per heavy atom. The topological polar surface area (TPSA) is 48.1 Å². The van der Waals surface area contributed by atoms with E-state index < -0.39 is 0 Å². The van der Waals surface area contributed by atoms with E-state index in [-0.39, 0.29) is 12.4 Å². The molecule has 0 aliphatic carbocycles. The third kappa shape index (κ3) is 3.17. The number of rotatable bonds is 3. The molecule has 0 saturated carbocycles. The lowest BCUT2D eigenvalue weighted by atomic mass is 10.2. The van der Waals surface area contributed by atoms with Crippen molar-refractivity contribution < 1.29 is 9.13 Å². The molecule has 2 rings (SSSR count). The van der Waals surface area contributed by atoms with Crippen molar-refractivity contribution >= 4 is 21.6 Å². The van der Waals surface area contributed by atoms with E-state index >= 15 is 0 Å². The van der Waals surface area contributed by atoms with Crippen LogP contribution in [0.25, 0.3) is 0 Å². The van der Waals surface area contributed by atoms with Gasteiger partial charge in [0, 0.05) is 21.9 Å². The van der Waals surface area contributed by atoms with Crippen LogP contribution in [0.15, 0.2) is 41.1 Å². The first-order valence-electron chi connectivity index (χ1n) is 4.92. The third-order valence-electron chi connectivity index (χ3n) is 2.15. The Bertz CT molecular complexity index is 534. The van der Waals surface area contributed by atoms with Crippen LogP contribution >= 0.6 is 15.9 Å². The fourth-order valence-electron chi connectivity index (χ4n) is 1.31. The summed E-state index contributed by atoms with van der Waals surface area (Å²) in [6.45, 7) is 0.143. The first-order chi connectivity index (χ1) is 8.15. The molecule has 1 aromatic carbocycles. The summed E-state index contributed by atoms with van der Waals surface area (Å²) < 4.78 is 19.7. The Labute approximate surface area is 107 Å². The highest BCUT2D eigenvalue weighted by atomic mass is 79.9. The zero-order valence-electron chi connectivity index (χ0n) is 8.86. The van der Waals surface area contributed by atoms with Crippen molar-refractivity contribution in [2.45, 2.75) is 6.61 Å². The van der Waals surface area contributed by atoms with Crippen LogP contribution in [0.4, 0.5) is 10.1 Å². The fourth-order valence-corrected chi connectivity index (χ4v) is 1.66. The van der Waals surface area contributed by atoms with Crippen molar-refractivity contribution in [1.29, 1.82) is 0 Å². The molecule has 0 saturated heterocycles. The molecule has 0 aliphatic heterocycles. The second-order valence-corrected chi connectivity index (χ2v) is 4.39. The van der Waals surface area contributed by atoms with Crippen molar-refractivity contribution in [3.8, 4) is 5.75 Å². The van der Waals surface area contributed by atoms with E-state index in [2.05, 4.69) is 20.9 Å². The largest absolute Gasteiger partial charge is 0.487 e. The normalized spacial score (nSPS) is 10.2. The van der Waals surface area contributed by atoms with Crippen molar-refractivity contribution in [2.75, 3.05) is 5.73 Å². The molecular formula is C12H10BrFN2O. The van der Waals surface area contributed by atoms with Gasteiger partial charge >= 0.3 is 0 Å². The maximum atomic E-state index is 13.4. The summed E-state index contributed by atoms with van der Waals surface area (Å²) in [4.78, 5) is 3.95. The van der Waals surface area contributed by atoms with Crippen LogP contribution in [0, 0.1) is 5.82 Å². The van der Waals surface area contributed by atoms with Crippen LogP contribution in [0.2, 0.25) is 0 Å². The van der Waals surface area contributed by atoms with Crippen LogP contribution < -0.4 is 10.5 Å². The highest BCUT2D eigenvalue weighted by Gasteiger charge is 2.04. The monoisotopic (exact) mass is 296 g/mol. The lowest BCUT2D eigenvalue weighted by molar-refractivity contribution is 0.298. The molecule has 5 heteroatoms. The summed E-state index contributed by atoms with van der Waals surface area (Å²) in [5, 5.41) is 0. The molecule has 1 aromatic heterocycles. The number of pyridine rings is 1. The molecule has 0 aliphatic rings. The van der Waals surface area contributed by atoms with Gasteiger partial charge in [0.15, 0.2) is 0 Å². The van der Waals surface area contributed by atoms with Gasteiger partial charge in [-0.15, -0.1) is 0 Å². The minimum atomic E-state index is -0.368. The number of benzene rings is 1. The van der Waals surface area contributed by atoms with Crippen LogP contribution in [0.3, 0.4) is 0 Å². The van der Waals surface area contributed by atoms with Crippen molar-refractivity contribution in [1.82, 2.24) is 4.98 Å². The van der Waals surface area contributed by atoms with Gasteiger partial charge in [-0.05, 0) is 34.1 Å². The predicted molar refractivity (Wildman–Crippen MR) is 67.1 cm³/mol. The van der Waals surface area contributed by atoms with Crippen LogP contribution in [-0.2, 0) is 6.61 Å². The van der Waals surface area contributed by atoms with Crippen LogP contribution in [0.1, 0.15) is 5.56 Å². The van der Waals surface area contributed by atoms with Gasteiger partial charge < -0.3 is 10.5 Å². The van der Waals surface area contributed by atoms with Gasteiger partial charge in [-0.1, -0.05) is 6.07 Å². The van der Waals surface area contributed by atoms with E-state index in [4.69, 9.17) is 10.5 Å². The maximum absolute atomic E-state index is 13.4. The van der Waals surface area contributed by atoms with E-state index in [0.29, 0.717) is 17.0 Å². The van der Waals surface area contributed by atoms with Crippen molar-refractivity contribution in [3.05, 3.63) is 52.5 Å². The molecule has 3 nitrogen and oxygen atoms in total. The Morgan fingerprint density at radius 1 is 1.29 bits per heavy atom. The van der Waals surface area contributed by atoms with E-state index in [1.165, 1.54) is 6.07 Å². The second kappa shape index (κ2) is 5.14. The molecule has 2 aromatic rings. The summed E-state index contributed by atoms with van der Waals surface area (Å²) in [5.41, 5.74) is 6.31. The summed E-state index contributed by atoms with van der Waals surface area (Å²) >= 11 is 3.28. The minimum absolute atomic E-state index is 0.143. The molecule has 0 radical (unpaired) electrons. The molecule has 0 amide bonds. The number of nitrogens with zero attached hydrogens (tertiary/aromatic N) is 1. The lowest BCUT2D eigenvalue weighted by Gasteiger charge is -2.07. The summed E-state index contributed by atoms with van der Waals surface area (Å²) in [7, 11) is 0. The summed E-state index contributed by atoms with van der Waals surface area (Å²) in [6.07, 6.45) is 3.22. The number of halogens is 2. The van der Waals surface area contributed by atoms with Crippen molar-refractivity contribution in [3.63, 3.8) is 0 Å². The number of nitrogen functional groups attached to an aromatic ring is 1. The van der Waals surface area contributed by atoms with Gasteiger partial charge in [-0.25, -0.2) is 4.39 Å². The Balaban J connectivity index is 2.07. The molecule has 2 N–H and O–H groups in total. The third-order valence-corrected chi connectivity index (χ3v) is 2.58. The minimum Gasteiger partial charge on any atom is -0.487 e. The molecule has 0 atom stereocenters. The number of nitrogens with two attached hydrogens (primary N) is 1. The van der Waals surface area contributed by atoms with Gasteiger partial charge in [-0.2, -0.15) is 0 Å². The van der Waals surface area contributed by atoms with Gasteiger partial charge in [-0.3, -0.25) is 4.98 Å². The number of hydrogen-bond acceptors (Lipinski definition) is 3. The van der Waals surface area contributed by atoms with E-state index in [9.17, 15) is 4.39 Å². The Hall–Kier alpha value is -1.62. The average molecular weight is 297 g/mol. The molecule has 0 bridgehead atoms. The van der Waals surface area contributed by atoms with Crippen LogP contribution in [-0.4, -0.2) is 4.98 Å². The molecule has 1 heterocycles. The number of anilines is 1. The number of aromatic nitrogens is 1. The Morgan fingerprint density at radius 2 is 2.12 bits per heavy atom. The molecule has 0 fully saturated rings. The van der Waals surface area contributed by atoms with Gasteiger partial charge in [0.1, 0.15) is 18.2 Å². The molecule has 0 spiro atoms. The predicted octanol–water partition coefficient (Wildman–Crippen LogP) is 3.14. The highest BCUT2D eigenvalue weighted by Crippen LogP contribution is 2.18. The number of hydrogen-bond donors (Lipinski definition) is 1. The molecule has 17 heavy (non-hydrogen) atoms. The van der Waals surface area contributed by atoms with Gasteiger partial charge in [0.05, 0.1) is 6.20 Å². The maximum Gasteiger partial charge on any atom is 0.139 e. The quantitative estimate of drug-likeness (QED) is 0.885. The van der Waals surface area contributed by atoms with Gasteiger partial charge in [0.25, 0.3) is 0 Å². The molecule has 0 unspecified atom stereocenters. The van der Waals surface area contributed by atoms with Gasteiger partial charge in [0.2, 0.25) is 0 Å². The summed E-state index contributed by atoms with van der Waals surface area (Å²) in [6, 6.07) is 6.29. The zero-order valence-corrected chi connectivity index (χ0v) is 10.4. The molecule has 88 valence electrons. The SMILES string of the molecule is Nc1ccc(COc2cncc(Br)c2)c(F)c1. The van der Waals surface area contributed by atoms with E-state index in [0.717, 1.165) is 4.47 Å². The smallest absolute Gasteiger partial charge is 0.139 e. The standard InChI is InChI=1S/C12H10BrFN2O/c13-9-3-11(6-16-5-9)17-7-8-1-2-10(15)4-12(8)14/h1-6H,7,15H2. The highest BCUT2D eigenvalue weighted by molar-refractivity contribution is 9.10. The van der Waals surface area contributed by atoms with Crippen molar-refractivity contribution in [2.24, 2.45) is 0 Å². The Kier molecular flexibility index (Phi) is 3.58. The average Bonchev–Trinajstić information content (AvgIpc) is 2.28. The first-order valence-corrected chi connectivity index (χ1v) is 5.72. The lowest BCUT2D eigenvalue weighted by Crippen LogP contribution is -1.99.